The summed E-state index contributed by atoms with van der Waals surface area (Å²) in [4.78, 5) is 6.88. The van der Waals surface area contributed by atoms with Gasteiger partial charge in [-0.05, 0) is 30.5 Å². The van der Waals surface area contributed by atoms with Gasteiger partial charge in [-0.1, -0.05) is 37.6 Å². The Balaban J connectivity index is 1.62. The Morgan fingerprint density at radius 3 is 2.92 bits per heavy atom. The van der Waals surface area contributed by atoms with Gasteiger partial charge in [0.05, 0.1) is 6.61 Å². The standard InChI is InChI=1S/C19H28ClN3O/c1-18(2,15-5-4-6-16(20)11-15)12-22-17(21-3)23-9-7-19(13-23)8-10-24-14-19/h4-6,11H,7-10,12-14H2,1-3H3,(H,21,22). The molecule has 0 amide bonds. The van der Waals surface area contributed by atoms with Crippen molar-refractivity contribution in [2.75, 3.05) is 39.9 Å². The number of hydrogen-bond donors (Lipinski definition) is 1. The first kappa shape index (κ1) is 17.6. The molecule has 4 nitrogen and oxygen atoms in total. The van der Waals surface area contributed by atoms with E-state index in [4.69, 9.17) is 16.3 Å². The second kappa shape index (κ2) is 6.93. The van der Waals surface area contributed by atoms with Crippen LogP contribution in [0, 0.1) is 5.41 Å². The van der Waals surface area contributed by atoms with Crippen molar-refractivity contribution in [3.8, 4) is 0 Å². The van der Waals surface area contributed by atoms with E-state index >= 15 is 0 Å². The molecule has 2 saturated heterocycles. The number of likely N-dealkylation sites (tertiary alicyclic amines) is 1. The summed E-state index contributed by atoms with van der Waals surface area (Å²) in [5.41, 5.74) is 1.56. The summed E-state index contributed by atoms with van der Waals surface area (Å²) in [6.07, 6.45) is 2.37. The van der Waals surface area contributed by atoms with Gasteiger partial charge in [-0.15, -0.1) is 0 Å². The Morgan fingerprint density at radius 1 is 1.42 bits per heavy atom. The minimum atomic E-state index is -0.0191. The Bertz CT molecular complexity index is 608. The van der Waals surface area contributed by atoms with Crippen LogP contribution in [-0.4, -0.2) is 50.8 Å². The van der Waals surface area contributed by atoms with Crippen LogP contribution in [0.2, 0.25) is 5.02 Å². The van der Waals surface area contributed by atoms with Crippen LogP contribution in [0.5, 0.6) is 0 Å². The third kappa shape index (κ3) is 3.70. The van der Waals surface area contributed by atoms with Gasteiger partial charge in [0.1, 0.15) is 0 Å². The van der Waals surface area contributed by atoms with Crippen molar-refractivity contribution in [3.05, 3.63) is 34.9 Å². The number of ether oxygens (including phenoxy) is 1. The van der Waals surface area contributed by atoms with E-state index < -0.39 is 0 Å². The minimum Gasteiger partial charge on any atom is -0.381 e. The van der Waals surface area contributed by atoms with E-state index in [1.165, 1.54) is 18.4 Å². The topological polar surface area (TPSA) is 36.9 Å². The summed E-state index contributed by atoms with van der Waals surface area (Å²) in [5.74, 6) is 0.994. The first-order chi connectivity index (χ1) is 11.4. The molecular formula is C19H28ClN3O. The lowest BCUT2D eigenvalue weighted by molar-refractivity contribution is 0.156. The first-order valence-corrected chi connectivity index (χ1v) is 9.11. The average molecular weight is 350 g/mol. The van der Waals surface area contributed by atoms with Crippen LogP contribution in [0.3, 0.4) is 0 Å². The molecule has 1 N–H and O–H groups in total. The van der Waals surface area contributed by atoms with Crippen molar-refractivity contribution in [1.82, 2.24) is 10.2 Å². The minimum absolute atomic E-state index is 0.0191. The molecule has 2 aliphatic rings. The lowest BCUT2D eigenvalue weighted by Crippen LogP contribution is -2.45. The Hall–Kier alpha value is -1.26. The fourth-order valence-corrected chi connectivity index (χ4v) is 3.92. The smallest absolute Gasteiger partial charge is 0.193 e. The monoisotopic (exact) mass is 349 g/mol. The average Bonchev–Trinajstić information content (AvgIpc) is 3.19. The number of benzene rings is 1. The number of hydrogen-bond acceptors (Lipinski definition) is 2. The molecule has 132 valence electrons. The van der Waals surface area contributed by atoms with Crippen LogP contribution in [0.4, 0.5) is 0 Å². The zero-order valence-corrected chi connectivity index (χ0v) is 15.7. The van der Waals surface area contributed by atoms with Crippen molar-refractivity contribution in [3.63, 3.8) is 0 Å². The summed E-state index contributed by atoms with van der Waals surface area (Å²) < 4.78 is 5.63. The highest BCUT2D eigenvalue weighted by Gasteiger charge is 2.42. The molecule has 1 atom stereocenters. The maximum atomic E-state index is 6.15. The van der Waals surface area contributed by atoms with E-state index in [-0.39, 0.29) is 5.41 Å². The summed E-state index contributed by atoms with van der Waals surface area (Å²) in [6, 6.07) is 8.11. The Labute approximate surface area is 150 Å². The van der Waals surface area contributed by atoms with Crippen LogP contribution in [0.1, 0.15) is 32.3 Å². The van der Waals surface area contributed by atoms with Gasteiger partial charge in [0.2, 0.25) is 0 Å². The highest BCUT2D eigenvalue weighted by atomic mass is 35.5. The number of halogens is 1. The van der Waals surface area contributed by atoms with Gasteiger partial charge in [0, 0.05) is 49.1 Å². The molecular weight excluding hydrogens is 322 g/mol. The van der Waals surface area contributed by atoms with Gasteiger partial charge in [0.15, 0.2) is 5.96 Å². The van der Waals surface area contributed by atoms with Crippen LogP contribution >= 0.6 is 11.6 Å². The summed E-state index contributed by atoms with van der Waals surface area (Å²) in [5, 5.41) is 4.35. The SMILES string of the molecule is CN=C(NCC(C)(C)c1cccc(Cl)c1)N1CCC2(CCOC2)C1. The maximum absolute atomic E-state index is 6.15. The molecule has 1 unspecified atom stereocenters. The quantitative estimate of drug-likeness (QED) is 0.672. The van der Waals surface area contributed by atoms with Gasteiger partial charge in [-0.3, -0.25) is 4.99 Å². The van der Waals surface area contributed by atoms with Crippen LogP contribution in [0.25, 0.3) is 0 Å². The van der Waals surface area contributed by atoms with Gasteiger partial charge < -0.3 is 15.0 Å². The van der Waals surface area contributed by atoms with Crippen LogP contribution in [0.15, 0.2) is 29.3 Å². The predicted molar refractivity (Wildman–Crippen MR) is 99.9 cm³/mol. The normalized spacial score (nSPS) is 24.8. The first-order valence-electron chi connectivity index (χ1n) is 8.74. The van der Waals surface area contributed by atoms with Crippen molar-refractivity contribution in [1.29, 1.82) is 0 Å². The molecule has 1 aromatic rings. The van der Waals surface area contributed by atoms with E-state index in [1.54, 1.807) is 0 Å². The van der Waals surface area contributed by atoms with E-state index in [9.17, 15) is 0 Å². The molecule has 5 heteroatoms. The van der Waals surface area contributed by atoms with Gasteiger partial charge in [-0.25, -0.2) is 0 Å². The third-order valence-electron chi connectivity index (χ3n) is 5.43. The number of guanidine groups is 1. The molecule has 24 heavy (non-hydrogen) atoms. The van der Waals surface area contributed by atoms with Crippen molar-refractivity contribution in [2.24, 2.45) is 10.4 Å². The zero-order chi connectivity index (χ0) is 17.2. The largest absolute Gasteiger partial charge is 0.381 e. The van der Waals surface area contributed by atoms with Crippen molar-refractivity contribution in [2.45, 2.75) is 32.1 Å². The van der Waals surface area contributed by atoms with Gasteiger partial charge in [-0.2, -0.15) is 0 Å². The fraction of sp³-hybridized carbons (Fsp3) is 0.632. The number of nitrogens with one attached hydrogen (secondary N) is 1. The Kier molecular flexibility index (Phi) is 5.07. The third-order valence-corrected chi connectivity index (χ3v) is 5.66. The molecule has 2 aliphatic heterocycles. The lowest BCUT2D eigenvalue weighted by atomic mass is 9.84. The van der Waals surface area contributed by atoms with E-state index in [1.807, 2.05) is 25.2 Å². The second-order valence-electron chi connectivity index (χ2n) is 7.77. The number of rotatable bonds is 3. The van der Waals surface area contributed by atoms with E-state index in [0.29, 0.717) is 5.41 Å². The molecule has 0 saturated carbocycles. The fourth-order valence-electron chi connectivity index (χ4n) is 3.73. The molecule has 2 heterocycles. The summed E-state index contributed by atoms with van der Waals surface area (Å²) >= 11 is 6.15. The molecule has 3 rings (SSSR count). The van der Waals surface area contributed by atoms with Crippen LogP contribution < -0.4 is 5.32 Å². The molecule has 0 aliphatic carbocycles. The second-order valence-corrected chi connectivity index (χ2v) is 8.21. The molecule has 0 radical (unpaired) electrons. The maximum Gasteiger partial charge on any atom is 0.193 e. The van der Waals surface area contributed by atoms with Crippen molar-refractivity contribution >= 4 is 17.6 Å². The molecule has 1 spiro atoms. The molecule has 0 aromatic heterocycles. The van der Waals surface area contributed by atoms with Gasteiger partial charge in [0.25, 0.3) is 0 Å². The molecule has 2 fully saturated rings. The Morgan fingerprint density at radius 2 is 2.25 bits per heavy atom. The predicted octanol–water partition coefficient (Wildman–Crippen LogP) is 3.31. The number of aliphatic imine (C=N–C) groups is 1. The van der Waals surface area contributed by atoms with Crippen LogP contribution in [-0.2, 0) is 10.2 Å². The summed E-state index contributed by atoms with van der Waals surface area (Å²) in [7, 11) is 1.87. The highest BCUT2D eigenvalue weighted by molar-refractivity contribution is 6.30. The lowest BCUT2D eigenvalue weighted by Gasteiger charge is -2.30. The van der Waals surface area contributed by atoms with E-state index in [2.05, 4.69) is 35.1 Å². The van der Waals surface area contributed by atoms with Gasteiger partial charge >= 0.3 is 0 Å². The zero-order valence-electron chi connectivity index (χ0n) is 14.9. The molecule has 0 bridgehead atoms. The number of nitrogens with zero attached hydrogens (tertiary/aromatic N) is 2. The summed E-state index contributed by atoms with van der Waals surface area (Å²) in [6.45, 7) is 9.19. The van der Waals surface area contributed by atoms with Crippen molar-refractivity contribution < 1.29 is 4.74 Å². The van der Waals surface area contributed by atoms with E-state index in [0.717, 1.165) is 43.8 Å². The highest BCUT2D eigenvalue weighted by Crippen LogP contribution is 2.38. The molecule has 1 aromatic carbocycles.